The molecule has 0 radical (unpaired) electrons. The quantitative estimate of drug-likeness (QED) is 0.655. The smallest absolute Gasteiger partial charge is 0.307 e. The van der Waals surface area contributed by atoms with Crippen molar-refractivity contribution < 1.29 is 23.6 Å². The molecular weight excluding hydrogens is 262 g/mol. The van der Waals surface area contributed by atoms with Gasteiger partial charge in [-0.05, 0) is 6.07 Å². The summed E-state index contributed by atoms with van der Waals surface area (Å²) in [5.74, 6) is -3.19. The second-order valence-corrected chi connectivity index (χ2v) is 4.30. The van der Waals surface area contributed by atoms with Gasteiger partial charge in [-0.15, -0.1) is 0 Å². The Morgan fingerprint density at radius 2 is 2.05 bits per heavy atom. The summed E-state index contributed by atoms with van der Waals surface area (Å²) in [7, 11) is 0. The van der Waals surface area contributed by atoms with Crippen LogP contribution in [0.2, 0.25) is 0 Å². The minimum absolute atomic E-state index is 0.0603. The summed E-state index contributed by atoms with van der Waals surface area (Å²) in [4.78, 5) is 22.4. The van der Waals surface area contributed by atoms with Gasteiger partial charge >= 0.3 is 5.69 Å². The van der Waals surface area contributed by atoms with Crippen LogP contribution in [0.25, 0.3) is 0 Å². The van der Waals surface area contributed by atoms with Gasteiger partial charge in [-0.25, -0.2) is 4.39 Å². The van der Waals surface area contributed by atoms with Crippen molar-refractivity contribution in [1.82, 2.24) is 4.90 Å². The molecule has 1 N–H and O–H groups in total. The van der Waals surface area contributed by atoms with E-state index < -0.39 is 33.7 Å². The first-order valence-corrected chi connectivity index (χ1v) is 5.47. The van der Waals surface area contributed by atoms with Crippen LogP contribution >= 0.6 is 0 Å². The zero-order valence-corrected chi connectivity index (χ0v) is 9.68. The number of nitro benzene ring substituents is 1. The number of aliphatic hydroxyl groups is 1. The molecule has 1 aromatic carbocycles. The van der Waals surface area contributed by atoms with Crippen molar-refractivity contribution in [2.24, 2.45) is 5.92 Å². The van der Waals surface area contributed by atoms with Crippen LogP contribution in [0.1, 0.15) is 10.4 Å². The average Bonchev–Trinajstić information content (AvgIpc) is 2.29. The summed E-state index contributed by atoms with van der Waals surface area (Å²) in [6.07, 6.45) is 0. The van der Waals surface area contributed by atoms with Crippen LogP contribution in [-0.2, 0) is 0 Å². The van der Waals surface area contributed by atoms with E-state index in [2.05, 4.69) is 0 Å². The predicted molar refractivity (Wildman–Crippen MR) is 59.5 cm³/mol. The number of aliphatic hydroxyl groups excluding tert-OH is 1. The van der Waals surface area contributed by atoms with E-state index in [1.165, 1.54) is 4.90 Å². The van der Waals surface area contributed by atoms with Gasteiger partial charge in [0.1, 0.15) is 5.82 Å². The molecule has 0 aliphatic carbocycles. The molecule has 6 nitrogen and oxygen atoms in total. The van der Waals surface area contributed by atoms with E-state index in [-0.39, 0.29) is 25.6 Å². The van der Waals surface area contributed by atoms with E-state index in [1.54, 1.807) is 0 Å². The van der Waals surface area contributed by atoms with Gasteiger partial charge in [0.15, 0.2) is 0 Å². The molecule has 1 aromatic rings. The first-order valence-electron chi connectivity index (χ1n) is 5.47. The Bertz CT molecular complexity index is 544. The number of benzene rings is 1. The molecule has 0 unspecified atom stereocenters. The topological polar surface area (TPSA) is 83.7 Å². The van der Waals surface area contributed by atoms with Crippen molar-refractivity contribution in [1.29, 1.82) is 0 Å². The lowest BCUT2D eigenvalue weighted by Gasteiger charge is -2.38. The van der Waals surface area contributed by atoms with Crippen molar-refractivity contribution in [2.75, 3.05) is 19.7 Å². The third-order valence-corrected chi connectivity index (χ3v) is 2.97. The Labute approximate surface area is 106 Å². The number of amides is 1. The van der Waals surface area contributed by atoms with Crippen molar-refractivity contribution in [3.8, 4) is 0 Å². The van der Waals surface area contributed by atoms with Crippen LogP contribution in [0.4, 0.5) is 14.5 Å². The first-order chi connectivity index (χ1) is 8.93. The number of rotatable bonds is 3. The Morgan fingerprint density at radius 3 is 2.58 bits per heavy atom. The normalized spacial score (nSPS) is 15.2. The van der Waals surface area contributed by atoms with Gasteiger partial charge in [0.25, 0.3) is 5.91 Å². The fraction of sp³-hybridized carbons (Fsp3) is 0.364. The SMILES string of the molecule is O=C(c1cc(F)c([N+](=O)[O-])cc1F)N1CC(CO)C1. The number of carbonyl (C=O) groups excluding carboxylic acids is 1. The molecule has 0 atom stereocenters. The molecule has 1 saturated heterocycles. The van der Waals surface area contributed by atoms with E-state index in [0.717, 1.165) is 0 Å². The number of likely N-dealkylation sites (tertiary alicyclic amines) is 1. The Morgan fingerprint density at radius 1 is 1.42 bits per heavy atom. The highest BCUT2D eigenvalue weighted by Crippen LogP contribution is 2.24. The van der Waals surface area contributed by atoms with Crippen LogP contribution in [0.15, 0.2) is 12.1 Å². The van der Waals surface area contributed by atoms with Crippen LogP contribution in [0.5, 0.6) is 0 Å². The fourth-order valence-electron chi connectivity index (χ4n) is 1.86. The number of nitro groups is 1. The summed E-state index contributed by atoms with van der Waals surface area (Å²) < 4.78 is 26.9. The first kappa shape index (κ1) is 13.3. The highest BCUT2D eigenvalue weighted by Gasteiger charge is 2.33. The average molecular weight is 272 g/mol. The number of halogens is 2. The zero-order chi connectivity index (χ0) is 14.2. The fourth-order valence-corrected chi connectivity index (χ4v) is 1.86. The number of nitrogens with zero attached hydrogens (tertiary/aromatic N) is 2. The molecule has 8 heteroatoms. The standard InChI is InChI=1S/C11H10F2N2O4/c12-8-2-10(15(18)19)9(13)1-7(8)11(17)14-3-6(4-14)5-16/h1-2,6,16H,3-5H2. The van der Waals surface area contributed by atoms with Gasteiger partial charge in [-0.2, -0.15) is 4.39 Å². The van der Waals surface area contributed by atoms with Crippen molar-refractivity contribution in [3.05, 3.63) is 39.4 Å². The predicted octanol–water partition coefficient (Wildman–Crippen LogP) is 0.937. The van der Waals surface area contributed by atoms with Crippen LogP contribution in [0, 0.1) is 27.7 Å². The summed E-state index contributed by atoms with van der Waals surface area (Å²) >= 11 is 0. The molecule has 1 amide bonds. The molecule has 1 heterocycles. The molecule has 1 aliphatic rings. The zero-order valence-electron chi connectivity index (χ0n) is 9.68. The largest absolute Gasteiger partial charge is 0.396 e. The van der Waals surface area contributed by atoms with E-state index in [4.69, 9.17) is 5.11 Å². The minimum Gasteiger partial charge on any atom is -0.396 e. The highest BCUT2D eigenvalue weighted by molar-refractivity contribution is 5.95. The third kappa shape index (κ3) is 2.39. The second kappa shape index (κ2) is 4.88. The summed E-state index contributed by atoms with van der Waals surface area (Å²) in [6.45, 7) is 0.432. The molecule has 0 bridgehead atoms. The molecule has 0 spiro atoms. The van der Waals surface area contributed by atoms with E-state index in [0.29, 0.717) is 12.1 Å². The monoisotopic (exact) mass is 272 g/mol. The maximum absolute atomic E-state index is 13.6. The van der Waals surface area contributed by atoms with Crippen molar-refractivity contribution in [2.45, 2.75) is 0 Å². The lowest BCUT2D eigenvalue weighted by Crippen LogP contribution is -2.51. The maximum atomic E-state index is 13.6. The van der Waals surface area contributed by atoms with Crippen LogP contribution in [-0.4, -0.2) is 40.5 Å². The summed E-state index contributed by atoms with van der Waals surface area (Å²) in [6, 6.07) is 0.925. The lowest BCUT2D eigenvalue weighted by molar-refractivity contribution is -0.387. The number of hydrogen-bond donors (Lipinski definition) is 1. The maximum Gasteiger partial charge on any atom is 0.307 e. The molecular formula is C11H10F2N2O4. The molecule has 19 heavy (non-hydrogen) atoms. The van der Waals surface area contributed by atoms with E-state index in [9.17, 15) is 23.7 Å². The van der Waals surface area contributed by atoms with Gasteiger partial charge in [0, 0.05) is 25.6 Å². The molecule has 1 fully saturated rings. The Kier molecular flexibility index (Phi) is 3.43. The van der Waals surface area contributed by atoms with Gasteiger partial charge in [-0.3, -0.25) is 14.9 Å². The molecule has 0 aromatic heterocycles. The number of hydrogen-bond acceptors (Lipinski definition) is 4. The lowest BCUT2D eigenvalue weighted by atomic mass is 9.99. The van der Waals surface area contributed by atoms with Gasteiger partial charge in [-0.1, -0.05) is 0 Å². The Balaban J connectivity index is 2.24. The van der Waals surface area contributed by atoms with E-state index in [1.807, 2.05) is 0 Å². The van der Waals surface area contributed by atoms with Gasteiger partial charge in [0.2, 0.25) is 5.82 Å². The number of carbonyl (C=O) groups is 1. The summed E-state index contributed by atoms with van der Waals surface area (Å²) in [5, 5.41) is 19.2. The highest BCUT2D eigenvalue weighted by atomic mass is 19.1. The van der Waals surface area contributed by atoms with Gasteiger partial charge in [0.05, 0.1) is 16.6 Å². The summed E-state index contributed by atoms with van der Waals surface area (Å²) in [5.41, 5.74) is -1.55. The van der Waals surface area contributed by atoms with Crippen LogP contribution in [0.3, 0.4) is 0 Å². The van der Waals surface area contributed by atoms with Crippen molar-refractivity contribution in [3.63, 3.8) is 0 Å². The Hall–Kier alpha value is -2.09. The molecule has 1 aliphatic heterocycles. The second-order valence-electron chi connectivity index (χ2n) is 4.30. The van der Waals surface area contributed by atoms with Gasteiger partial charge < -0.3 is 10.0 Å². The third-order valence-electron chi connectivity index (χ3n) is 2.97. The van der Waals surface area contributed by atoms with E-state index >= 15 is 0 Å². The molecule has 102 valence electrons. The minimum atomic E-state index is -1.26. The van der Waals surface area contributed by atoms with Crippen molar-refractivity contribution >= 4 is 11.6 Å². The molecule has 0 saturated carbocycles. The molecule has 2 rings (SSSR count). The van der Waals surface area contributed by atoms with Crippen LogP contribution < -0.4 is 0 Å².